The summed E-state index contributed by atoms with van der Waals surface area (Å²) in [7, 11) is 0. The number of rotatable bonds is 7. The van der Waals surface area contributed by atoms with Crippen LogP contribution >= 0.6 is 0 Å². The summed E-state index contributed by atoms with van der Waals surface area (Å²) in [6, 6.07) is 15.5. The first-order chi connectivity index (χ1) is 19.2. The quantitative estimate of drug-likeness (QED) is 0.308. The van der Waals surface area contributed by atoms with Gasteiger partial charge in [0.15, 0.2) is 0 Å². The maximum absolute atomic E-state index is 9.81. The van der Waals surface area contributed by atoms with Crippen LogP contribution in [-0.4, -0.2) is 57.0 Å². The van der Waals surface area contributed by atoms with Gasteiger partial charge in [-0.2, -0.15) is 5.26 Å². The maximum atomic E-state index is 9.81. The fourth-order valence-electron chi connectivity index (χ4n) is 6.02. The van der Waals surface area contributed by atoms with Gasteiger partial charge in [0, 0.05) is 79.5 Å². The molecule has 0 spiro atoms. The summed E-state index contributed by atoms with van der Waals surface area (Å²) < 4.78 is 0. The molecule has 3 aromatic heterocycles. The van der Waals surface area contributed by atoms with Crippen molar-refractivity contribution in [1.29, 1.82) is 5.26 Å². The largest absolute Gasteiger partial charge is 0.361 e. The smallest absolute Gasteiger partial charge is 0.103 e. The summed E-state index contributed by atoms with van der Waals surface area (Å²) in [5.74, 6) is 0. The summed E-state index contributed by atoms with van der Waals surface area (Å²) in [5, 5.41) is 14.5. The molecule has 1 aliphatic heterocycles. The molecule has 1 saturated carbocycles. The second-order valence-corrected chi connectivity index (χ2v) is 10.7. The zero-order valence-corrected chi connectivity index (χ0v) is 22.5. The maximum Gasteiger partial charge on any atom is 0.103 e. The second-order valence-electron chi connectivity index (χ2n) is 10.7. The minimum Gasteiger partial charge on any atom is -0.361 e. The number of benzene rings is 1. The number of anilines is 2. The number of nitriles is 1. The van der Waals surface area contributed by atoms with Gasteiger partial charge in [-0.15, -0.1) is 0 Å². The number of aromatic nitrogens is 3. The summed E-state index contributed by atoms with van der Waals surface area (Å²) in [5.41, 5.74) is 7.27. The lowest BCUT2D eigenvalue weighted by Gasteiger charge is -2.37. The van der Waals surface area contributed by atoms with Crippen LogP contribution in [0.25, 0.3) is 23.1 Å². The number of pyridine rings is 2. The van der Waals surface area contributed by atoms with E-state index in [4.69, 9.17) is 4.98 Å². The lowest BCUT2D eigenvalue weighted by molar-refractivity contribution is 0.0929. The highest BCUT2D eigenvalue weighted by molar-refractivity contribution is 5.90. The van der Waals surface area contributed by atoms with Crippen molar-refractivity contribution in [2.24, 2.45) is 0 Å². The van der Waals surface area contributed by atoms with Gasteiger partial charge in [-0.1, -0.05) is 18.9 Å². The fraction of sp³-hybridized carbons (Fsp3) is 0.344. The summed E-state index contributed by atoms with van der Waals surface area (Å²) in [6.07, 6.45) is 14.9. The Morgan fingerprint density at radius 1 is 1.05 bits per heavy atom. The van der Waals surface area contributed by atoms with E-state index in [0.29, 0.717) is 5.56 Å². The molecule has 0 amide bonds. The fourth-order valence-corrected chi connectivity index (χ4v) is 6.02. The monoisotopic (exact) mass is 517 g/mol. The van der Waals surface area contributed by atoms with Crippen molar-refractivity contribution in [3.63, 3.8) is 0 Å². The number of nitrogens with zero attached hydrogens (tertiary/aromatic N) is 5. The van der Waals surface area contributed by atoms with Gasteiger partial charge < -0.3 is 10.3 Å². The van der Waals surface area contributed by atoms with Crippen LogP contribution in [0, 0.1) is 18.3 Å². The van der Waals surface area contributed by atoms with Crippen LogP contribution in [0.4, 0.5) is 11.4 Å². The number of aromatic amines is 1. The Hall–Kier alpha value is -3.99. The Morgan fingerprint density at radius 3 is 2.72 bits per heavy atom. The third kappa shape index (κ3) is 5.58. The molecule has 2 N–H and O–H groups in total. The Bertz CT molecular complexity index is 1520. The van der Waals surface area contributed by atoms with Crippen molar-refractivity contribution in [1.82, 2.24) is 24.8 Å². The molecular formula is C32H35N7. The highest BCUT2D eigenvalue weighted by atomic mass is 15.3. The van der Waals surface area contributed by atoms with Gasteiger partial charge in [0.1, 0.15) is 6.07 Å². The molecule has 0 bridgehead atoms. The van der Waals surface area contributed by atoms with Gasteiger partial charge >= 0.3 is 0 Å². The molecule has 7 nitrogen and oxygen atoms in total. The predicted molar refractivity (Wildman–Crippen MR) is 158 cm³/mol. The molecule has 7 heteroatoms. The number of fused-ring (bicyclic) bond motifs is 1. The molecule has 4 aromatic rings. The van der Waals surface area contributed by atoms with Crippen molar-refractivity contribution >= 4 is 34.4 Å². The van der Waals surface area contributed by atoms with Crippen LogP contribution in [0.3, 0.4) is 0 Å². The number of piperazine rings is 1. The molecule has 1 aromatic carbocycles. The Balaban J connectivity index is 1.17. The molecule has 0 radical (unpaired) electrons. The second kappa shape index (κ2) is 11.4. The van der Waals surface area contributed by atoms with E-state index < -0.39 is 0 Å². The Morgan fingerprint density at radius 2 is 1.90 bits per heavy atom. The summed E-state index contributed by atoms with van der Waals surface area (Å²) in [4.78, 5) is 17.7. The zero-order valence-electron chi connectivity index (χ0n) is 22.5. The number of hydrogen-bond donors (Lipinski definition) is 2. The average molecular weight is 518 g/mol. The topological polar surface area (TPSA) is 83.9 Å². The minimum atomic E-state index is 0.504. The molecule has 1 aliphatic carbocycles. The first-order valence-electron chi connectivity index (χ1n) is 14.0. The number of nitrogens with one attached hydrogen (secondary N) is 2. The van der Waals surface area contributed by atoms with Crippen LogP contribution in [0.15, 0.2) is 55.0 Å². The van der Waals surface area contributed by atoms with Crippen molar-refractivity contribution in [3.05, 3.63) is 83.1 Å². The lowest BCUT2D eigenvalue weighted by Crippen LogP contribution is -2.49. The molecule has 1 saturated heterocycles. The molecule has 6 rings (SSSR count). The average Bonchev–Trinajstić information content (AvgIpc) is 3.68. The molecule has 4 heterocycles. The van der Waals surface area contributed by atoms with Crippen molar-refractivity contribution in [2.75, 3.05) is 31.5 Å². The van der Waals surface area contributed by atoms with Crippen LogP contribution in [0.1, 0.15) is 53.8 Å². The molecule has 2 fully saturated rings. The van der Waals surface area contributed by atoms with Crippen molar-refractivity contribution in [3.8, 4) is 6.07 Å². The van der Waals surface area contributed by atoms with Gasteiger partial charge in [0.2, 0.25) is 0 Å². The number of H-pyrrole nitrogens is 1. The van der Waals surface area contributed by atoms with E-state index >= 15 is 0 Å². The van der Waals surface area contributed by atoms with Gasteiger partial charge in [-0.05, 0) is 67.8 Å². The van der Waals surface area contributed by atoms with Gasteiger partial charge in [-0.25, -0.2) is 0 Å². The molecule has 0 unspecified atom stereocenters. The van der Waals surface area contributed by atoms with Crippen LogP contribution in [-0.2, 0) is 6.54 Å². The SMILES string of the molecule is Cc1c(Nc2c(C#N)cncc2/C=C/c2cccc(CN3CCN(C4CCCC4)CC3)n2)ccc2[nH]ccc12. The minimum absolute atomic E-state index is 0.504. The Labute approximate surface area is 230 Å². The predicted octanol–water partition coefficient (Wildman–Crippen LogP) is 6.11. The van der Waals surface area contributed by atoms with Crippen LogP contribution in [0.5, 0.6) is 0 Å². The van der Waals surface area contributed by atoms with E-state index in [-0.39, 0.29) is 0 Å². The number of aryl methyl sites for hydroxylation is 1. The van der Waals surface area contributed by atoms with E-state index in [2.05, 4.69) is 62.3 Å². The highest BCUT2D eigenvalue weighted by Crippen LogP contribution is 2.31. The molecule has 39 heavy (non-hydrogen) atoms. The standard InChI is InChI=1S/C32H35N7/c1-23-29-13-14-35-31(29)12-11-30(23)37-32-24(20-34-21-25(32)19-33)9-10-26-5-4-6-27(36-26)22-38-15-17-39(18-16-38)28-7-2-3-8-28/h4-6,9-14,20-21,28,35H,2-3,7-8,15-18,22H2,1H3,(H,34,37)/b10-9+. The van der Waals surface area contributed by atoms with Crippen molar-refractivity contribution in [2.45, 2.75) is 45.2 Å². The van der Waals surface area contributed by atoms with Crippen LogP contribution < -0.4 is 5.32 Å². The number of hydrogen-bond acceptors (Lipinski definition) is 6. The highest BCUT2D eigenvalue weighted by Gasteiger charge is 2.26. The Kier molecular flexibility index (Phi) is 7.40. The lowest BCUT2D eigenvalue weighted by atomic mass is 10.1. The third-order valence-corrected chi connectivity index (χ3v) is 8.25. The normalized spacial score (nSPS) is 17.2. The van der Waals surface area contributed by atoms with E-state index in [1.54, 1.807) is 12.4 Å². The van der Waals surface area contributed by atoms with Gasteiger partial charge in [0.25, 0.3) is 0 Å². The van der Waals surface area contributed by atoms with E-state index in [0.717, 1.165) is 70.5 Å². The van der Waals surface area contributed by atoms with Crippen LogP contribution in [0.2, 0.25) is 0 Å². The van der Waals surface area contributed by atoms with Gasteiger partial charge in [0.05, 0.1) is 22.6 Å². The first-order valence-corrected chi connectivity index (χ1v) is 14.0. The molecule has 2 aliphatic rings. The van der Waals surface area contributed by atoms with E-state index in [1.807, 2.05) is 30.5 Å². The summed E-state index contributed by atoms with van der Waals surface area (Å²) >= 11 is 0. The van der Waals surface area contributed by atoms with Gasteiger partial charge in [-0.3, -0.25) is 19.8 Å². The first kappa shape index (κ1) is 25.3. The molecule has 0 atom stereocenters. The zero-order chi connectivity index (χ0) is 26.6. The summed E-state index contributed by atoms with van der Waals surface area (Å²) in [6.45, 7) is 7.50. The van der Waals surface area contributed by atoms with E-state index in [9.17, 15) is 5.26 Å². The molecular weight excluding hydrogens is 482 g/mol. The third-order valence-electron chi connectivity index (χ3n) is 8.25. The molecule has 198 valence electrons. The van der Waals surface area contributed by atoms with Crippen molar-refractivity contribution < 1.29 is 0 Å². The van der Waals surface area contributed by atoms with E-state index in [1.165, 1.54) is 38.8 Å².